The largest absolute Gasteiger partial charge is 0.383 e. The third-order valence-corrected chi connectivity index (χ3v) is 4.84. The molecule has 1 saturated heterocycles. The first kappa shape index (κ1) is 8.93. The van der Waals surface area contributed by atoms with Gasteiger partial charge in [-0.1, -0.05) is 19.9 Å². The molecule has 1 heterocycles. The van der Waals surface area contributed by atoms with Crippen LogP contribution in [0, 0.1) is 17.3 Å². The van der Waals surface area contributed by atoms with Crippen LogP contribution in [0.4, 0.5) is 0 Å². The zero-order valence-electron chi connectivity index (χ0n) is 9.01. The molecule has 2 fully saturated rings. The summed E-state index contributed by atoms with van der Waals surface area (Å²) in [5, 5.41) is 13.5. The third kappa shape index (κ3) is 0.887. The smallest absolute Gasteiger partial charge is 0.111 e. The van der Waals surface area contributed by atoms with Gasteiger partial charge in [-0.2, -0.15) is 0 Å². The van der Waals surface area contributed by atoms with Crippen molar-refractivity contribution in [3.05, 3.63) is 11.6 Å². The third-order valence-electron chi connectivity index (χ3n) is 4.84. The van der Waals surface area contributed by atoms with Gasteiger partial charge in [0.15, 0.2) is 0 Å². The van der Waals surface area contributed by atoms with Crippen LogP contribution < -0.4 is 5.32 Å². The van der Waals surface area contributed by atoms with Gasteiger partial charge in [0.2, 0.25) is 0 Å². The van der Waals surface area contributed by atoms with Crippen LogP contribution in [0.3, 0.4) is 0 Å². The minimum absolute atomic E-state index is 0.440. The minimum Gasteiger partial charge on any atom is -0.383 e. The molecule has 2 N–H and O–H groups in total. The Bertz CT molecular complexity index is 301. The van der Waals surface area contributed by atoms with Crippen LogP contribution in [-0.2, 0) is 0 Å². The fourth-order valence-electron chi connectivity index (χ4n) is 3.44. The van der Waals surface area contributed by atoms with Crippen LogP contribution in [-0.4, -0.2) is 23.8 Å². The van der Waals surface area contributed by atoms with Crippen molar-refractivity contribution < 1.29 is 5.11 Å². The van der Waals surface area contributed by atoms with E-state index < -0.39 is 5.60 Å². The molecule has 2 bridgehead atoms. The molecule has 14 heavy (non-hydrogen) atoms. The van der Waals surface area contributed by atoms with Gasteiger partial charge in [0.05, 0.1) is 0 Å². The Balaban J connectivity index is 1.91. The van der Waals surface area contributed by atoms with E-state index in [1.165, 1.54) is 18.4 Å². The van der Waals surface area contributed by atoms with Crippen LogP contribution in [0.15, 0.2) is 11.6 Å². The van der Waals surface area contributed by atoms with Gasteiger partial charge in [0, 0.05) is 13.1 Å². The zero-order chi connectivity index (χ0) is 9.97. The second kappa shape index (κ2) is 2.42. The van der Waals surface area contributed by atoms with Gasteiger partial charge >= 0.3 is 0 Å². The lowest BCUT2D eigenvalue weighted by Gasteiger charge is -2.60. The zero-order valence-corrected chi connectivity index (χ0v) is 9.01. The monoisotopic (exact) mass is 193 g/mol. The summed E-state index contributed by atoms with van der Waals surface area (Å²) in [6, 6.07) is 0. The maximum atomic E-state index is 10.3. The van der Waals surface area contributed by atoms with E-state index in [1.54, 1.807) is 0 Å². The molecule has 2 nitrogen and oxygen atoms in total. The summed E-state index contributed by atoms with van der Waals surface area (Å²) in [7, 11) is 0. The number of hydrogen-bond donors (Lipinski definition) is 2. The fraction of sp³-hybridized carbons (Fsp3) is 0.833. The van der Waals surface area contributed by atoms with E-state index in [9.17, 15) is 5.11 Å². The first-order valence-electron chi connectivity index (χ1n) is 5.68. The lowest BCUT2D eigenvalue weighted by Crippen LogP contribution is -2.65. The standard InChI is InChI=1S/C12H19NO/c1-11(2)8-3-4-9(10(11)5-8)12(14)6-13-7-12/h4,8,10,13-14H,3,5-7H2,1-2H3. The number of β-amino-alcohol motifs (C(OH)–C–C–N with tert-alkyl or cyclic N) is 1. The van der Waals surface area contributed by atoms with Gasteiger partial charge < -0.3 is 10.4 Å². The van der Waals surface area contributed by atoms with Crippen molar-refractivity contribution in [3.8, 4) is 0 Å². The highest BCUT2D eigenvalue weighted by atomic mass is 16.3. The fourth-order valence-corrected chi connectivity index (χ4v) is 3.44. The summed E-state index contributed by atoms with van der Waals surface area (Å²) < 4.78 is 0. The highest BCUT2D eigenvalue weighted by Crippen LogP contribution is 2.61. The van der Waals surface area contributed by atoms with Crippen LogP contribution in [0.5, 0.6) is 0 Å². The van der Waals surface area contributed by atoms with Crippen molar-refractivity contribution in [2.45, 2.75) is 32.3 Å². The molecule has 0 aromatic heterocycles. The van der Waals surface area contributed by atoms with Crippen molar-refractivity contribution in [2.75, 3.05) is 13.1 Å². The average Bonchev–Trinajstić information content (AvgIpc) is 2.14. The number of hydrogen-bond acceptors (Lipinski definition) is 2. The Morgan fingerprint density at radius 3 is 2.57 bits per heavy atom. The first-order chi connectivity index (χ1) is 6.54. The van der Waals surface area contributed by atoms with Gasteiger partial charge in [-0.3, -0.25) is 0 Å². The number of rotatable bonds is 1. The molecule has 4 rings (SSSR count). The highest BCUT2D eigenvalue weighted by Gasteiger charge is 2.56. The summed E-state index contributed by atoms with van der Waals surface area (Å²) in [5.41, 5.74) is 1.28. The molecule has 2 heteroatoms. The Morgan fingerprint density at radius 2 is 2.14 bits per heavy atom. The first-order valence-corrected chi connectivity index (χ1v) is 5.68. The number of allylic oxidation sites excluding steroid dienone is 1. The number of fused-ring (bicyclic) bond motifs is 1. The molecule has 78 valence electrons. The van der Waals surface area contributed by atoms with Gasteiger partial charge in [0.1, 0.15) is 5.60 Å². The Kier molecular flexibility index (Phi) is 1.54. The lowest BCUT2D eigenvalue weighted by atomic mass is 9.47. The molecular weight excluding hydrogens is 174 g/mol. The molecule has 1 saturated carbocycles. The van der Waals surface area contributed by atoms with Crippen LogP contribution in [0.25, 0.3) is 0 Å². The second-order valence-corrected chi connectivity index (χ2v) is 5.84. The van der Waals surface area contributed by atoms with E-state index >= 15 is 0 Å². The molecular formula is C12H19NO. The van der Waals surface area contributed by atoms with Gasteiger partial charge in [0.25, 0.3) is 0 Å². The van der Waals surface area contributed by atoms with E-state index in [-0.39, 0.29) is 0 Å². The van der Waals surface area contributed by atoms with E-state index in [0.717, 1.165) is 19.0 Å². The molecule has 1 aliphatic heterocycles. The second-order valence-electron chi connectivity index (χ2n) is 5.84. The Hall–Kier alpha value is -0.340. The van der Waals surface area contributed by atoms with Crippen molar-refractivity contribution in [1.82, 2.24) is 5.32 Å². The summed E-state index contributed by atoms with van der Waals surface area (Å²) in [5.74, 6) is 1.52. The molecule has 0 radical (unpaired) electrons. The van der Waals surface area contributed by atoms with E-state index in [1.807, 2.05) is 0 Å². The average molecular weight is 193 g/mol. The molecule has 0 aromatic rings. The quantitative estimate of drug-likeness (QED) is 0.615. The molecule has 0 aromatic carbocycles. The van der Waals surface area contributed by atoms with Crippen LogP contribution in [0.1, 0.15) is 26.7 Å². The maximum Gasteiger partial charge on any atom is 0.111 e. The van der Waals surface area contributed by atoms with Crippen molar-refractivity contribution in [1.29, 1.82) is 0 Å². The molecule has 3 aliphatic carbocycles. The molecule has 4 aliphatic rings. The van der Waals surface area contributed by atoms with Gasteiger partial charge in [-0.25, -0.2) is 0 Å². The molecule has 0 amide bonds. The van der Waals surface area contributed by atoms with E-state index in [2.05, 4.69) is 25.2 Å². The SMILES string of the molecule is CC1(C)C2CC=C(C3(O)CNC3)C1C2. The Morgan fingerprint density at radius 1 is 1.43 bits per heavy atom. The van der Waals surface area contributed by atoms with Crippen molar-refractivity contribution in [3.63, 3.8) is 0 Å². The highest BCUT2D eigenvalue weighted by molar-refractivity contribution is 5.33. The lowest BCUT2D eigenvalue weighted by molar-refractivity contribution is -0.0598. The summed E-state index contributed by atoms with van der Waals surface area (Å²) in [6.45, 7) is 6.23. The van der Waals surface area contributed by atoms with Crippen molar-refractivity contribution >= 4 is 0 Å². The van der Waals surface area contributed by atoms with Gasteiger partial charge in [-0.05, 0) is 35.7 Å². The Labute approximate surface area is 85.4 Å². The van der Waals surface area contributed by atoms with E-state index in [4.69, 9.17) is 0 Å². The molecule has 2 unspecified atom stereocenters. The number of nitrogens with one attached hydrogen (secondary N) is 1. The predicted octanol–water partition coefficient (Wildman–Crippen LogP) is 1.31. The minimum atomic E-state index is -0.493. The predicted molar refractivity (Wildman–Crippen MR) is 55.9 cm³/mol. The van der Waals surface area contributed by atoms with Crippen LogP contribution in [0.2, 0.25) is 0 Å². The topological polar surface area (TPSA) is 32.3 Å². The summed E-state index contributed by atoms with van der Waals surface area (Å²) >= 11 is 0. The summed E-state index contributed by atoms with van der Waals surface area (Å²) in [6.07, 6.45) is 4.80. The molecule has 2 atom stereocenters. The van der Waals surface area contributed by atoms with Gasteiger partial charge in [-0.15, -0.1) is 0 Å². The van der Waals surface area contributed by atoms with E-state index in [0.29, 0.717) is 11.3 Å². The molecule has 0 spiro atoms. The normalized spacial score (nSPS) is 42.1. The maximum absolute atomic E-state index is 10.3. The number of aliphatic hydroxyl groups is 1. The van der Waals surface area contributed by atoms with Crippen molar-refractivity contribution in [2.24, 2.45) is 17.3 Å². The summed E-state index contributed by atoms with van der Waals surface area (Å²) in [4.78, 5) is 0. The van der Waals surface area contributed by atoms with Crippen LogP contribution >= 0.6 is 0 Å².